The zero-order chi connectivity index (χ0) is 17.5. The van der Waals surface area contributed by atoms with Crippen LogP contribution in [0.25, 0.3) is 0 Å². The second-order valence-corrected chi connectivity index (χ2v) is 7.26. The smallest absolute Gasteiger partial charge is 0.335 e. The predicted molar refractivity (Wildman–Crippen MR) is 91.5 cm³/mol. The fraction of sp³-hybridized carbons (Fsp3) is 0.562. The summed E-state index contributed by atoms with van der Waals surface area (Å²) in [5, 5.41) is 12.2. The zero-order valence-electron chi connectivity index (χ0n) is 13.9. The van der Waals surface area contributed by atoms with Crippen molar-refractivity contribution in [3.8, 4) is 0 Å². The molecule has 1 aromatic rings. The maximum atomic E-state index is 12.5. The average Bonchev–Trinajstić information content (AvgIpc) is 2.50. The lowest BCUT2D eigenvalue weighted by atomic mass is 10.2. The van der Waals surface area contributed by atoms with E-state index in [0.29, 0.717) is 18.7 Å². The average molecular weight is 342 g/mol. The molecule has 0 bridgehead atoms. The van der Waals surface area contributed by atoms with Crippen LogP contribution in [0.15, 0.2) is 23.1 Å². The van der Waals surface area contributed by atoms with Crippen LogP contribution < -0.4 is 10.0 Å². The van der Waals surface area contributed by atoms with Crippen molar-refractivity contribution in [3.63, 3.8) is 0 Å². The quantitative estimate of drug-likeness (QED) is 0.568. The molecular weight excluding hydrogens is 316 g/mol. The van der Waals surface area contributed by atoms with Gasteiger partial charge >= 0.3 is 5.97 Å². The predicted octanol–water partition coefficient (Wildman–Crippen LogP) is 3.06. The van der Waals surface area contributed by atoms with E-state index in [1.165, 1.54) is 18.2 Å². The molecular formula is C16H26N2O4S. The number of anilines is 1. The van der Waals surface area contributed by atoms with Crippen LogP contribution in [0.3, 0.4) is 0 Å². The Bertz CT molecular complexity index is 629. The molecule has 23 heavy (non-hydrogen) atoms. The number of carboxylic acid groups (broad SMARTS) is 1. The summed E-state index contributed by atoms with van der Waals surface area (Å²) in [5.41, 5.74) is 0.385. The standard InChI is InChI=1S/C16H26N2O4S/c1-4-6-7-10-17-14-9-8-13(16(19)20)11-15(14)23(21,22)18-12(3)5-2/h8-9,11-12,17-18H,4-7,10H2,1-3H3,(H,19,20). The van der Waals surface area contributed by atoms with Crippen LogP contribution in [0.4, 0.5) is 5.69 Å². The number of benzene rings is 1. The number of hydrogen-bond acceptors (Lipinski definition) is 4. The third kappa shape index (κ3) is 5.84. The Hall–Kier alpha value is -1.60. The number of carboxylic acids is 1. The topological polar surface area (TPSA) is 95.5 Å². The molecule has 1 rings (SSSR count). The fourth-order valence-electron chi connectivity index (χ4n) is 2.03. The molecule has 1 aromatic carbocycles. The van der Waals surface area contributed by atoms with E-state index in [4.69, 9.17) is 5.11 Å². The van der Waals surface area contributed by atoms with Gasteiger partial charge in [0.25, 0.3) is 0 Å². The van der Waals surface area contributed by atoms with Crippen molar-refractivity contribution in [2.24, 2.45) is 0 Å². The maximum absolute atomic E-state index is 12.5. The minimum atomic E-state index is -3.78. The van der Waals surface area contributed by atoms with Gasteiger partial charge in [-0.15, -0.1) is 0 Å². The molecule has 130 valence electrons. The molecule has 0 aliphatic carbocycles. The zero-order valence-corrected chi connectivity index (χ0v) is 14.7. The summed E-state index contributed by atoms with van der Waals surface area (Å²) in [4.78, 5) is 11.1. The monoisotopic (exact) mass is 342 g/mol. The van der Waals surface area contributed by atoms with Gasteiger partial charge in [-0.2, -0.15) is 0 Å². The second kappa shape index (κ2) is 8.88. The highest BCUT2D eigenvalue weighted by Crippen LogP contribution is 2.23. The molecule has 7 heteroatoms. The number of unbranched alkanes of at least 4 members (excludes halogenated alkanes) is 2. The Morgan fingerprint density at radius 3 is 2.52 bits per heavy atom. The van der Waals surface area contributed by atoms with Crippen LogP contribution in [0.2, 0.25) is 0 Å². The van der Waals surface area contributed by atoms with E-state index in [1.807, 2.05) is 6.92 Å². The van der Waals surface area contributed by atoms with E-state index in [-0.39, 0.29) is 16.5 Å². The summed E-state index contributed by atoms with van der Waals surface area (Å²) in [6.45, 7) is 6.39. The Morgan fingerprint density at radius 1 is 1.26 bits per heavy atom. The van der Waals surface area contributed by atoms with Crippen LogP contribution in [-0.2, 0) is 10.0 Å². The van der Waals surface area contributed by atoms with Crippen molar-refractivity contribution in [2.75, 3.05) is 11.9 Å². The minimum absolute atomic E-state index is 0.0193. The lowest BCUT2D eigenvalue weighted by Crippen LogP contribution is -2.32. The van der Waals surface area contributed by atoms with E-state index in [2.05, 4.69) is 17.0 Å². The molecule has 3 N–H and O–H groups in total. The van der Waals surface area contributed by atoms with Gasteiger partial charge in [-0.3, -0.25) is 0 Å². The molecule has 0 aliphatic rings. The van der Waals surface area contributed by atoms with Crippen LogP contribution in [0.5, 0.6) is 0 Å². The third-order valence-electron chi connectivity index (χ3n) is 3.58. The Balaban J connectivity index is 3.12. The maximum Gasteiger partial charge on any atom is 0.335 e. The van der Waals surface area contributed by atoms with Gasteiger partial charge in [-0.1, -0.05) is 26.7 Å². The first kappa shape index (κ1) is 19.4. The highest BCUT2D eigenvalue weighted by Gasteiger charge is 2.22. The van der Waals surface area contributed by atoms with Crippen LogP contribution >= 0.6 is 0 Å². The normalized spacial score (nSPS) is 12.8. The molecule has 0 radical (unpaired) electrons. The van der Waals surface area contributed by atoms with E-state index in [0.717, 1.165) is 19.3 Å². The van der Waals surface area contributed by atoms with Gasteiger partial charge in [0, 0.05) is 12.6 Å². The van der Waals surface area contributed by atoms with Crippen molar-refractivity contribution >= 4 is 21.7 Å². The van der Waals surface area contributed by atoms with E-state index >= 15 is 0 Å². The number of carbonyl (C=O) groups is 1. The number of aromatic carboxylic acids is 1. The molecule has 0 saturated carbocycles. The number of sulfonamides is 1. The largest absolute Gasteiger partial charge is 0.478 e. The molecule has 0 fully saturated rings. The third-order valence-corrected chi connectivity index (χ3v) is 5.21. The number of hydrogen-bond donors (Lipinski definition) is 3. The van der Waals surface area contributed by atoms with Crippen LogP contribution in [0.1, 0.15) is 56.8 Å². The fourth-order valence-corrected chi connectivity index (χ4v) is 3.57. The van der Waals surface area contributed by atoms with E-state index in [1.54, 1.807) is 6.92 Å². The van der Waals surface area contributed by atoms with Crippen molar-refractivity contribution < 1.29 is 18.3 Å². The number of rotatable bonds is 10. The van der Waals surface area contributed by atoms with Crippen molar-refractivity contribution in [1.82, 2.24) is 4.72 Å². The Morgan fingerprint density at radius 2 is 1.96 bits per heavy atom. The SMILES string of the molecule is CCCCCNc1ccc(C(=O)O)cc1S(=O)(=O)NC(C)CC. The van der Waals surface area contributed by atoms with Crippen molar-refractivity contribution in [1.29, 1.82) is 0 Å². The lowest BCUT2D eigenvalue weighted by Gasteiger charge is -2.16. The molecule has 0 saturated heterocycles. The van der Waals surface area contributed by atoms with Gasteiger partial charge < -0.3 is 10.4 Å². The van der Waals surface area contributed by atoms with Gasteiger partial charge in [0.05, 0.1) is 11.3 Å². The van der Waals surface area contributed by atoms with Crippen LogP contribution in [0, 0.1) is 0 Å². The molecule has 0 aromatic heterocycles. The molecule has 1 unspecified atom stereocenters. The summed E-state index contributed by atoms with van der Waals surface area (Å²) >= 11 is 0. The second-order valence-electron chi connectivity index (χ2n) is 5.58. The van der Waals surface area contributed by atoms with E-state index in [9.17, 15) is 13.2 Å². The summed E-state index contributed by atoms with van der Waals surface area (Å²) in [7, 11) is -3.78. The van der Waals surface area contributed by atoms with Gasteiger partial charge in [0.15, 0.2) is 0 Å². The summed E-state index contributed by atoms with van der Waals surface area (Å²) in [5.74, 6) is -1.15. The summed E-state index contributed by atoms with van der Waals surface area (Å²) in [6.07, 6.45) is 3.69. The van der Waals surface area contributed by atoms with Gasteiger partial charge in [-0.05, 0) is 38.0 Å². The molecule has 6 nitrogen and oxygen atoms in total. The first-order chi connectivity index (χ1) is 10.8. The summed E-state index contributed by atoms with van der Waals surface area (Å²) in [6, 6.07) is 3.91. The molecule has 0 heterocycles. The number of nitrogens with one attached hydrogen (secondary N) is 2. The molecule has 1 atom stereocenters. The van der Waals surface area contributed by atoms with Gasteiger partial charge in [-0.25, -0.2) is 17.9 Å². The summed E-state index contributed by atoms with van der Waals surface area (Å²) < 4.78 is 27.7. The van der Waals surface area contributed by atoms with Crippen molar-refractivity contribution in [3.05, 3.63) is 23.8 Å². The van der Waals surface area contributed by atoms with Gasteiger partial charge in [0.1, 0.15) is 4.90 Å². The highest BCUT2D eigenvalue weighted by atomic mass is 32.2. The van der Waals surface area contributed by atoms with Crippen molar-refractivity contribution in [2.45, 2.75) is 57.4 Å². The van der Waals surface area contributed by atoms with Gasteiger partial charge in [0.2, 0.25) is 10.0 Å². The Labute approximate surface area is 138 Å². The Kier molecular flexibility index (Phi) is 7.51. The molecule has 0 aliphatic heterocycles. The first-order valence-electron chi connectivity index (χ1n) is 7.95. The first-order valence-corrected chi connectivity index (χ1v) is 9.43. The highest BCUT2D eigenvalue weighted by molar-refractivity contribution is 7.89. The minimum Gasteiger partial charge on any atom is -0.478 e. The molecule has 0 amide bonds. The lowest BCUT2D eigenvalue weighted by molar-refractivity contribution is 0.0696. The van der Waals surface area contributed by atoms with Crippen LogP contribution in [-0.4, -0.2) is 32.1 Å². The molecule has 0 spiro atoms. The van der Waals surface area contributed by atoms with E-state index < -0.39 is 16.0 Å².